The molecule has 1 fully saturated rings. The molecule has 0 N–H and O–H groups in total. The van der Waals surface area contributed by atoms with Gasteiger partial charge in [0.15, 0.2) is 0 Å². The lowest BCUT2D eigenvalue weighted by molar-refractivity contribution is 0.286. The van der Waals surface area contributed by atoms with Crippen LogP contribution in [-0.4, -0.2) is 8.42 Å². The van der Waals surface area contributed by atoms with E-state index in [0.717, 1.165) is 5.92 Å². The molecule has 120 valence electrons. The van der Waals surface area contributed by atoms with Crippen molar-refractivity contribution in [3.63, 3.8) is 0 Å². The van der Waals surface area contributed by atoms with Crippen LogP contribution in [0.25, 0.3) is 20.9 Å². The highest BCUT2D eigenvalue weighted by Gasteiger charge is 2.15. The number of rotatable bonds is 9. The summed E-state index contributed by atoms with van der Waals surface area (Å²) in [6.45, 7) is 2.29. The highest BCUT2D eigenvalue weighted by Crippen LogP contribution is 2.31. The van der Waals surface area contributed by atoms with Crippen LogP contribution >= 0.6 is 0 Å². The lowest BCUT2D eigenvalue weighted by Crippen LogP contribution is -2.10. The SMILES string of the molecule is CCCCCCCCC1CCC1.[N-]=[N+]=NS(=O)(=O)N=[N+]=[N-]. The van der Waals surface area contributed by atoms with Crippen LogP contribution in [0, 0.1) is 5.92 Å². The molecule has 0 radical (unpaired) electrons. The zero-order valence-corrected chi connectivity index (χ0v) is 13.4. The van der Waals surface area contributed by atoms with Gasteiger partial charge in [0.2, 0.25) is 0 Å². The number of hydrogen-bond acceptors (Lipinski definition) is 2. The number of hydrogen-bond donors (Lipinski definition) is 0. The molecule has 0 aliphatic heterocycles. The largest absolute Gasteiger partial charge is 0.321 e. The molecule has 1 rings (SSSR count). The maximum atomic E-state index is 9.99. The lowest BCUT2D eigenvalue weighted by atomic mass is 9.81. The first kappa shape index (κ1) is 19.6. The quantitative estimate of drug-likeness (QED) is 0.244. The van der Waals surface area contributed by atoms with E-state index in [9.17, 15) is 8.42 Å². The summed E-state index contributed by atoms with van der Waals surface area (Å²) in [7, 11) is -4.27. The lowest BCUT2D eigenvalue weighted by Gasteiger charge is -2.24. The first-order valence-corrected chi connectivity index (χ1v) is 8.83. The Balaban J connectivity index is 0.000000400. The average Bonchev–Trinajstić information content (AvgIpc) is 2.36. The average molecular weight is 316 g/mol. The normalized spacial score (nSPS) is 14.0. The van der Waals surface area contributed by atoms with Crippen LogP contribution in [0.5, 0.6) is 0 Å². The van der Waals surface area contributed by atoms with Crippen molar-refractivity contribution in [2.75, 3.05) is 0 Å². The van der Waals surface area contributed by atoms with Crippen molar-refractivity contribution in [2.45, 2.75) is 71.1 Å². The van der Waals surface area contributed by atoms with E-state index in [1.54, 1.807) is 0 Å². The van der Waals surface area contributed by atoms with Crippen molar-refractivity contribution in [3.05, 3.63) is 20.9 Å². The molecule has 0 aromatic rings. The molecule has 0 bridgehead atoms. The van der Waals surface area contributed by atoms with Gasteiger partial charge in [-0.15, -0.1) is 0 Å². The second-order valence-corrected chi connectivity index (χ2v) is 6.37. The minimum Gasteiger partial charge on any atom is -0.213 e. The van der Waals surface area contributed by atoms with Gasteiger partial charge in [-0.25, -0.2) is 8.42 Å². The van der Waals surface area contributed by atoms with Gasteiger partial charge in [-0.3, -0.25) is 0 Å². The Kier molecular flexibility index (Phi) is 11.5. The zero-order valence-electron chi connectivity index (χ0n) is 12.6. The molecule has 0 aromatic heterocycles. The molecule has 0 unspecified atom stereocenters. The molecule has 1 saturated carbocycles. The number of nitrogens with zero attached hydrogens (tertiary/aromatic N) is 6. The molecule has 8 nitrogen and oxygen atoms in total. The predicted molar refractivity (Wildman–Crippen MR) is 82.5 cm³/mol. The molecular formula is C12H24N6O2S. The van der Waals surface area contributed by atoms with Crippen LogP contribution in [0.4, 0.5) is 0 Å². The molecule has 0 spiro atoms. The third-order valence-corrected chi connectivity index (χ3v) is 4.03. The van der Waals surface area contributed by atoms with Gasteiger partial charge in [-0.05, 0) is 17.0 Å². The van der Waals surface area contributed by atoms with Crippen molar-refractivity contribution < 1.29 is 8.42 Å². The fourth-order valence-corrected chi connectivity index (χ4v) is 2.32. The van der Waals surface area contributed by atoms with Gasteiger partial charge < -0.3 is 0 Å². The number of unbranched alkanes of at least 4 members (excludes halogenated alkanes) is 5. The molecule has 1 aliphatic rings. The van der Waals surface area contributed by atoms with Crippen molar-refractivity contribution in [1.29, 1.82) is 0 Å². The van der Waals surface area contributed by atoms with Gasteiger partial charge in [0.05, 0.1) is 0 Å². The Morgan fingerprint density at radius 2 is 1.52 bits per heavy atom. The van der Waals surface area contributed by atoms with Gasteiger partial charge in [-0.1, -0.05) is 71.1 Å². The second kappa shape index (κ2) is 12.3. The molecule has 0 atom stereocenters. The van der Waals surface area contributed by atoms with Crippen molar-refractivity contribution >= 4 is 10.2 Å². The van der Waals surface area contributed by atoms with E-state index in [1.165, 1.54) is 64.2 Å². The Hall–Kier alpha value is -1.43. The van der Waals surface area contributed by atoms with Gasteiger partial charge in [0.1, 0.15) is 0 Å². The van der Waals surface area contributed by atoms with Crippen LogP contribution in [0.3, 0.4) is 0 Å². The third kappa shape index (κ3) is 12.1. The summed E-state index contributed by atoms with van der Waals surface area (Å²) < 4.78 is 24.3. The maximum absolute atomic E-state index is 9.99. The monoisotopic (exact) mass is 316 g/mol. The summed E-state index contributed by atoms with van der Waals surface area (Å²) in [4.78, 5) is 3.80. The highest BCUT2D eigenvalue weighted by molar-refractivity contribution is 7.88. The Labute approximate surface area is 126 Å². The van der Waals surface area contributed by atoms with E-state index < -0.39 is 10.2 Å². The van der Waals surface area contributed by atoms with Crippen molar-refractivity contribution in [3.8, 4) is 0 Å². The molecule has 0 amide bonds. The summed E-state index contributed by atoms with van der Waals surface area (Å²) in [5.74, 6) is 1.14. The smallest absolute Gasteiger partial charge is 0.213 e. The first-order valence-electron chi connectivity index (χ1n) is 7.43. The third-order valence-electron chi connectivity index (χ3n) is 3.47. The van der Waals surface area contributed by atoms with Crippen LogP contribution in [0.15, 0.2) is 9.04 Å². The van der Waals surface area contributed by atoms with Gasteiger partial charge in [0, 0.05) is 18.9 Å². The summed E-state index contributed by atoms with van der Waals surface area (Å²) in [6, 6.07) is 0. The van der Waals surface area contributed by atoms with E-state index in [2.05, 4.69) is 16.0 Å². The minimum absolute atomic E-state index is 1.14. The molecule has 21 heavy (non-hydrogen) atoms. The molecule has 1 aliphatic carbocycles. The minimum atomic E-state index is -4.27. The Morgan fingerprint density at radius 1 is 1.00 bits per heavy atom. The fourth-order valence-electron chi connectivity index (χ4n) is 2.10. The van der Waals surface area contributed by atoms with Crippen molar-refractivity contribution in [2.24, 2.45) is 15.0 Å². The van der Waals surface area contributed by atoms with Crippen LogP contribution in [0.2, 0.25) is 0 Å². The maximum Gasteiger partial charge on any atom is 0.321 e. The van der Waals surface area contributed by atoms with E-state index in [-0.39, 0.29) is 0 Å². The molecule has 0 heterocycles. The van der Waals surface area contributed by atoms with Crippen LogP contribution < -0.4 is 0 Å². The van der Waals surface area contributed by atoms with Gasteiger partial charge in [0.25, 0.3) is 0 Å². The molecule has 0 aromatic carbocycles. The van der Waals surface area contributed by atoms with Gasteiger partial charge >= 0.3 is 10.2 Å². The summed E-state index contributed by atoms with van der Waals surface area (Å²) in [5, 5.41) is 0. The van der Waals surface area contributed by atoms with E-state index >= 15 is 0 Å². The second-order valence-electron chi connectivity index (χ2n) is 5.14. The first-order chi connectivity index (χ1) is 10.1. The summed E-state index contributed by atoms with van der Waals surface area (Å²) in [6.07, 6.45) is 14.9. The predicted octanol–water partition coefficient (Wildman–Crippen LogP) is 5.39. The Morgan fingerprint density at radius 3 is 1.95 bits per heavy atom. The van der Waals surface area contributed by atoms with E-state index in [4.69, 9.17) is 11.1 Å². The van der Waals surface area contributed by atoms with Crippen LogP contribution in [-0.2, 0) is 10.2 Å². The van der Waals surface area contributed by atoms with E-state index in [1.807, 2.05) is 9.82 Å². The number of azide groups is 1. The summed E-state index contributed by atoms with van der Waals surface area (Å²) in [5.41, 5.74) is 15.0. The molecule has 9 heteroatoms. The molecule has 0 saturated heterocycles. The van der Waals surface area contributed by atoms with Crippen LogP contribution in [0.1, 0.15) is 71.1 Å². The Bertz CT molecular complexity index is 438. The topological polar surface area (TPSA) is 132 Å². The zero-order chi connectivity index (χ0) is 16.0. The molecular weight excluding hydrogens is 292 g/mol. The highest BCUT2D eigenvalue weighted by atomic mass is 32.2. The van der Waals surface area contributed by atoms with Crippen molar-refractivity contribution in [1.82, 2.24) is 0 Å². The standard InChI is InChI=1S/C12H24.N6O2S/c1-2-3-4-5-6-7-9-12-10-8-11-12;1-3-5-9(7,8)6-4-2/h12H,2-11H2,1H3;. The van der Waals surface area contributed by atoms with E-state index in [0.29, 0.717) is 0 Å². The summed E-state index contributed by atoms with van der Waals surface area (Å²) >= 11 is 0. The van der Waals surface area contributed by atoms with Gasteiger partial charge in [-0.2, -0.15) is 0 Å². The fraction of sp³-hybridized carbons (Fsp3) is 1.00.